The first-order chi connectivity index (χ1) is 16.7. The molecule has 35 heavy (non-hydrogen) atoms. The van der Waals surface area contributed by atoms with Crippen LogP contribution >= 0.6 is 0 Å². The molecule has 0 spiro atoms. The third-order valence-electron chi connectivity index (χ3n) is 6.03. The van der Waals surface area contributed by atoms with Crippen LogP contribution in [-0.2, 0) is 21.7 Å². The molecular formula is C25H31FN6O3. The quantitative estimate of drug-likeness (QED) is 0.541. The zero-order valence-corrected chi connectivity index (χ0v) is 20.5. The first-order valence-electron chi connectivity index (χ1n) is 11.9. The van der Waals surface area contributed by atoms with Gasteiger partial charge in [0.25, 0.3) is 11.8 Å². The second-order valence-corrected chi connectivity index (χ2v) is 9.55. The van der Waals surface area contributed by atoms with E-state index in [1.807, 2.05) is 6.20 Å². The van der Waals surface area contributed by atoms with E-state index in [1.54, 1.807) is 29.8 Å². The van der Waals surface area contributed by atoms with Crippen LogP contribution in [0.5, 0.6) is 5.75 Å². The highest BCUT2D eigenvalue weighted by Crippen LogP contribution is 2.41. The third kappa shape index (κ3) is 5.11. The van der Waals surface area contributed by atoms with Crippen molar-refractivity contribution >= 4 is 17.4 Å². The van der Waals surface area contributed by atoms with Gasteiger partial charge in [-0.15, -0.1) is 0 Å². The summed E-state index contributed by atoms with van der Waals surface area (Å²) < 4.78 is 22.7. The van der Waals surface area contributed by atoms with Gasteiger partial charge in [0.05, 0.1) is 17.8 Å². The molecule has 4 rings (SSSR count). The molecule has 1 aromatic heterocycles. The van der Waals surface area contributed by atoms with Crippen molar-refractivity contribution in [1.29, 1.82) is 0 Å². The zero-order valence-electron chi connectivity index (χ0n) is 20.5. The van der Waals surface area contributed by atoms with Crippen LogP contribution in [0.4, 0.5) is 4.39 Å². The van der Waals surface area contributed by atoms with E-state index in [0.29, 0.717) is 41.6 Å². The Hall–Kier alpha value is -3.56. The van der Waals surface area contributed by atoms with E-state index in [1.165, 1.54) is 6.07 Å². The number of rotatable bonds is 9. The summed E-state index contributed by atoms with van der Waals surface area (Å²) >= 11 is 0. The lowest BCUT2D eigenvalue weighted by molar-refractivity contribution is -0.130. The number of hydrogen-bond donors (Lipinski definition) is 1. The van der Waals surface area contributed by atoms with E-state index in [9.17, 15) is 9.59 Å². The molecule has 2 aromatic rings. The van der Waals surface area contributed by atoms with Gasteiger partial charge in [-0.05, 0) is 31.4 Å². The third-order valence-corrected chi connectivity index (χ3v) is 6.03. The molecule has 0 aliphatic carbocycles. The molecule has 0 bridgehead atoms. The van der Waals surface area contributed by atoms with Crippen LogP contribution in [-0.4, -0.2) is 39.8 Å². The van der Waals surface area contributed by atoms with Gasteiger partial charge in [-0.3, -0.25) is 14.3 Å². The lowest BCUT2D eigenvalue weighted by atomic mass is 9.80. The normalized spacial score (nSPS) is 20.2. The molecule has 0 saturated heterocycles. The van der Waals surface area contributed by atoms with Crippen LogP contribution in [0.1, 0.15) is 58.2 Å². The number of aromatic nitrogens is 2. The topological polar surface area (TPSA) is 101 Å². The Morgan fingerprint density at radius 2 is 2.06 bits per heavy atom. The minimum atomic E-state index is -1.08. The molecule has 9 nitrogen and oxygen atoms in total. The van der Waals surface area contributed by atoms with Gasteiger partial charge >= 0.3 is 0 Å². The maximum atomic E-state index is 15.3. The minimum Gasteiger partial charge on any atom is -0.493 e. The van der Waals surface area contributed by atoms with Gasteiger partial charge in [0.2, 0.25) is 0 Å². The standard InChI is InChI=1S/C25H31FN6O3/c1-5-6-11-35-17-7-8-19(20(26)12-17)25(4)13-18(21-9-10-31(29-21)15-16(2)3)23(24(34)28-25)32-22(33)14-27-30-32/h7-10,12,16H,5-6,11,13-15H2,1-4H3,(H,28,34)/t25-/m0/s1. The summed E-state index contributed by atoms with van der Waals surface area (Å²) in [4.78, 5) is 25.8. The van der Waals surface area contributed by atoms with Gasteiger partial charge in [-0.2, -0.15) is 15.2 Å². The molecule has 0 radical (unpaired) electrons. The molecule has 1 atom stereocenters. The first-order valence-corrected chi connectivity index (χ1v) is 11.9. The summed E-state index contributed by atoms with van der Waals surface area (Å²) in [6.45, 7) is 9.06. The number of benzene rings is 1. The maximum Gasteiger partial charge on any atom is 0.272 e. The van der Waals surface area contributed by atoms with Crippen LogP contribution in [0.2, 0.25) is 0 Å². The first kappa shape index (κ1) is 24.6. The molecule has 2 aliphatic rings. The van der Waals surface area contributed by atoms with Crippen molar-refractivity contribution in [2.45, 2.75) is 59.0 Å². The molecule has 0 saturated carbocycles. The van der Waals surface area contributed by atoms with Crippen LogP contribution in [0, 0.1) is 11.7 Å². The fourth-order valence-corrected chi connectivity index (χ4v) is 4.33. The van der Waals surface area contributed by atoms with Crippen LogP contribution in [0.3, 0.4) is 0 Å². The maximum absolute atomic E-state index is 15.3. The van der Waals surface area contributed by atoms with Crippen molar-refractivity contribution in [3.05, 3.63) is 53.2 Å². The van der Waals surface area contributed by atoms with Crippen molar-refractivity contribution in [3.63, 3.8) is 0 Å². The van der Waals surface area contributed by atoms with E-state index < -0.39 is 23.2 Å². The Morgan fingerprint density at radius 1 is 1.26 bits per heavy atom. The fourth-order valence-electron chi connectivity index (χ4n) is 4.33. The number of nitrogens with zero attached hydrogens (tertiary/aromatic N) is 5. The Morgan fingerprint density at radius 3 is 2.71 bits per heavy atom. The summed E-state index contributed by atoms with van der Waals surface area (Å²) in [6, 6.07) is 6.49. The van der Waals surface area contributed by atoms with Gasteiger partial charge in [0, 0.05) is 36.4 Å². The summed E-state index contributed by atoms with van der Waals surface area (Å²) in [5.74, 6) is -0.608. The number of hydrogen-bond acceptors (Lipinski definition) is 6. The molecule has 2 aliphatic heterocycles. The van der Waals surface area contributed by atoms with Gasteiger partial charge in [-0.25, -0.2) is 4.39 Å². The lowest BCUT2D eigenvalue weighted by Crippen LogP contribution is -2.51. The monoisotopic (exact) mass is 482 g/mol. The molecule has 2 amide bonds. The van der Waals surface area contributed by atoms with Gasteiger partial charge in [0.15, 0.2) is 0 Å². The van der Waals surface area contributed by atoms with Crippen molar-refractivity contribution in [3.8, 4) is 5.75 Å². The smallest absolute Gasteiger partial charge is 0.272 e. The number of ether oxygens (including phenoxy) is 1. The Labute approximate surface area is 204 Å². The zero-order chi connectivity index (χ0) is 25.2. The van der Waals surface area contributed by atoms with Gasteiger partial charge in [0.1, 0.15) is 23.8 Å². The lowest BCUT2D eigenvalue weighted by Gasteiger charge is -2.38. The predicted octanol–water partition coefficient (Wildman–Crippen LogP) is 4.21. The Kier molecular flexibility index (Phi) is 7.00. The summed E-state index contributed by atoms with van der Waals surface area (Å²) in [5, 5.41) is 16.2. The molecule has 1 N–H and O–H groups in total. The number of carbonyl (C=O) groups is 2. The van der Waals surface area contributed by atoms with Crippen molar-refractivity contribution < 1.29 is 18.7 Å². The SMILES string of the molecule is CCCCOc1ccc([C@]2(C)CC(c3ccn(CC(C)C)n3)=C(N3N=NCC3=O)C(=O)N2)c(F)c1. The number of halogens is 1. The van der Waals surface area contributed by atoms with Crippen LogP contribution in [0.15, 0.2) is 46.5 Å². The van der Waals surface area contributed by atoms with Crippen molar-refractivity contribution in [2.24, 2.45) is 16.3 Å². The van der Waals surface area contributed by atoms with E-state index in [2.05, 4.69) is 41.5 Å². The molecule has 1 aromatic carbocycles. The number of carbonyl (C=O) groups excluding carboxylic acids is 2. The van der Waals surface area contributed by atoms with Crippen LogP contribution in [0.25, 0.3) is 5.57 Å². The second kappa shape index (κ2) is 9.97. The summed E-state index contributed by atoms with van der Waals surface area (Å²) in [5.41, 5.74) is 0.362. The number of amides is 2. The highest BCUT2D eigenvalue weighted by Gasteiger charge is 2.43. The molecule has 0 fully saturated rings. The van der Waals surface area contributed by atoms with Crippen molar-refractivity contribution in [2.75, 3.05) is 13.2 Å². The Bertz CT molecular complexity index is 1190. The molecule has 10 heteroatoms. The van der Waals surface area contributed by atoms with E-state index in [0.717, 1.165) is 17.9 Å². The average molecular weight is 483 g/mol. The van der Waals surface area contributed by atoms with E-state index in [4.69, 9.17) is 4.74 Å². The highest BCUT2D eigenvalue weighted by atomic mass is 19.1. The van der Waals surface area contributed by atoms with Gasteiger partial charge < -0.3 is 10.1 Å². The van der Waals surface area contributed by atoms with Crippen molar-refractivity contribution in [1.82, 2.24) is 20.1 Å². The molecule has 0 unspecified atom stereocenters. The van der Waals surface area contributed by atoms with E-state index in [-0.39, 0.29) is 18.7 Å². The molecule has 186 valence electrons. The minimum absolute atomic E-state index is 0.0726. The number of nitrogens with one attached hydrogen (secondary N) is 1. The molecular weight excluding hydrogens is 451 g/mol. The molecule has 3 heterocycles. The largest absolute Gasteiger partial charge is 0.493 e. The highest BCUT2D eigenvalue weighted by molar-refractivity contribution is 6.06. The summed E-state index contributed by atoms with van der Waals surface area (Å²) in [7, 11) is 0. The summed E-state index contributed by atoms with van der Waals surface area (Å²) in [6.07, 6.45) is 3.90. The van der Waals surface area contributed by atoms with E-state index >= 15 is 4.39 Å². The fraction of sp³-hybridized carbons (Fsp3) is 0.480. The number of unbranched alkanes of at least 4 members (excludes halogenated alkanes) is 1. The second-order valence-electron chi connectivity index (χ2n) is 9.55. The average Bonchev–Trinajstić information content (AvgIpc) is 3.42. The van der Waals surface area contributed by atoms with Gasteiger partial charge in [-0.1, -0.05) is 38.5 Å². The predicted molar refractivity (Wildman–Crippen MR) is 127 cm³/mol. The Balaban J connectivity index is 1.73. The van der Waals surface area contributed by atoms with Crippen LogP contribution < -0.4 is 10.1 Å².